The Morgan fingerprint density at radius 2 is 2.37 bits per heavy atom. The maximum atomic E-state index is 11.7. The number of amides is 1. The van der Waals surface area contributed by atoms with Gasteiger partial charge in [-0.3, -0.25) is 4.79 Å². The van der Waals surface area contributed by atoms with Crippen LogP contribution in [-0.2, 0) is 4.79 Å². The molecule has 1 aromatic heterocycles. The number of nitrogens with one attached hydrogen (secondary N) is 1. The molecule has 0 fully saturated rings. The van der Waals surface area contributed by atoms with E-state index in [2.05, 4.69) is 10.3 Å². The maximum Gasteiger partial charge on any atom is 0.225 e. The summed E-state index contributed by atoms with van der Waals surface area (Å²) in [4.78, 5) is 16.1. The fraction of sp³-hybridized carbons (Fsp3) is 0.231. The molecule has 6 heteroatoms. The van der Waals surface area contributed by atoms with Crippen LogP contribution in [0.15, 0.2) is 34.0 Å². The summed E-state index contributed by atoms with van der Waals surface area (Å²) < 4.78 is 1.01. The average molecular weight is 313 g/mol. The van der Waals surface area contributed by atoms with Crippen LogP contribution in [0.25, 0.3) is 0 Å². The highest BCUT2D eigenvalue weighted by Gasteiger charge is 2.05. The zero-order valence-electron chi connectivity index (χ0n) is 10.4. The third kappa shape index (κ3) is 4.86. The molecular weight excluding hydrogens is 300 g/mol. The molecule has 1 N–H and O–H groups in total. The minimum absolute atomic E-state index is 0.0111. The summed E-state index contributed by atoms with van der Waals surface area (Å²) in [5.41, 5.74) is 1.75. The lowest BCUT2D eigenvalue weighted by molar-refractivity contribution is -0.115. The second kappa shape index (κ2) is 6.93. The van der Waals surface area contributed by atoms with E-state index in [-0.39, 0.29) is 5.91 Å². The van der Waals surface area contributed by atoms with Crippen molar-refractivity contribution in [2.45, 2.75) is 17.7 Å². The van der Waals surface area contributed by atoms with Gasteiger partial charge in [0.2, 0.25) is 5.91 Å². The van der Waals surface area contributed by atoms with Crippen LogP contribution >= 0.6 is 34.7 Å². The van der Waals surface area contributed by atoms with E-state index in [1.807, 2.05) is 24.4 Å². The SMILES string of the molecule is Cc1csc(SCCC(=O)Nc2cccc(Cl)c2)n1. The Bertz CT molecular complexity index is 571. The molecule has 0 spiro atoms. The normalized spacial score (nSPS) is 10.4. The van der Waals surface area contributed by atoms with Crippen LogP contribution in [0.3, 0.4) is 0 Å². The van der Waals surface area contributed by atoms with Gasteiger partial charge >= 0.3 is 0 Å². The number of carbonyl (C=O) groups excluding carboxylic acids is 1. The first-order valence-electron chi connectivity index (χ1n) is 5.74. The minimum Gasteiger partial charge on any atom is -0.326 e. The van der Waals surface area contributed by atoms with Crippen molar-refractivity contribution >= 4 is 46.3 Å². The molecule has 0 saturated heterocycles. The molecule has 1 amide bonds. The minimum atomic E-state index is -0.0111. The number of aryl methyl sites for hydroxylation is 1. The van der Waals surface area contributed by atoms with Crippen molar-refractivity contribution in [1.82, 2.24) is 4.98 Å². The van der Waals surface area contributed by atoms with Crippen molar-refractivity contribution in [3.8, 4) is 0 Å². The van der Waals surface area contributed by atoms with Gasteiger partial charge in [-0.1, -0.05) is 29.4 Å². The molecule has 0 aliphatic heterocycles. The number of anilines is 1. The zero-order valence-corrected chi connectivity index (χ0v) is 12.7. The number of aromatic nitrogens is 1. The lowest BCUT2D eigenvalue weighted by atomic mass is 10.3. The molecule has 0 atom stereocenters. The largest absolute Gasteiger partial charge is 0.326 e. The zero-order chi connectivity index (χ0) is 13.7. The number of nitrogens with zero attached hydrogens (tertiary/aromatic N) is 1. The Kier molecular flexibility index (Phi) is 5.24. The summed E-state index contributed by atoms with van der Waals surface area (Å²) in [6.45, 7) is 1.96. The van der Waals surface area contributed by atoms with E-state index in [0.717, 1.165) is 21.5 Å². The van der Waals surface area contributed by atoms with Crippen LogP contribution in [0.2, 0.25) is 5.02 Å². The lowest BCUT2D eigenvalue weighted by Crippen LogP contribution is -2.11. The maximum absolute atomic E-state index is 11.7. The molecule has 0 radical (unpaired) electrons. The molecule has 0 aliphatic rings. The second-order valence-electron chi connectivity index (χ2n) is 3.91. The van der Waals surface area contributed by atoms with Crippen LogP contribution in [0.1, 0.15) is 12.1 Å². The van der Waals surface area contributed by atoms with Crippen molar-refractivity contribution in [2.24, 2.45) is 0 Å². The number of carbonyl (C=O) groups is 1. The summed E-state index contributed by atoms with van der Waals surface area (Å²) in [6, 6.07) is 7.14. The van der Waals surface area contributed by atoms with E-state index in [9.17, 15) is 4.79 Å². The van der Waals surface area contributed by atoms with Crippen molar-refractivity contribution in [1.29, 1.82) is 0 Å². The number of halogens is 1. The first kappa shape index (κ1) is 14.4. The number of benzene rings is 1. The van der Waals surface area contributed by atoms with Crippen LogP contribution < -0.4 is 5.32 Å². The average Bonchev–Trinajstić information content (AvgIpc) is 2.75. The van der Waals surface area contributed by atoms with Gasteiger partial charge in [0, 0.05) is 34.0 Å². The highest BCUT2D eigenvalue weighted by molar-refractivity contribution is 8.01. The van der Waals surface area contributed by atoms with E-state index >= 15 is 0 Å². The Morgan fingerprint density at radius 1 is 1.53 bits per heavy atom. The van der Waals surface area contributed by atoms with E-state index in [4.69, 9.17) is 11.6 Å². The number of thioether (sulfide) groups is 1. The van der Waals surface area contributed by atoms with Gasteiger partial charge in [0.25, 0.3) is 0 Å². The van der Waals surface area contributed by atoms with E-state index in [0.29, 0.717) is 11.4 Å². The third-order valence-corrected chi connectivity index (χ3v) is 4.64. The molecule has 2 rings (SSSR count). The van der Waals surface area contributed by atoms with Gasteiger partial charge < -0.3 is 5.32 Å². The van der Waals surface area contributed by atoms with Gasteiger partial charge in [0.15, 0.2) is 0 Å². The number of thiazole rings is 1. The molecule has 0 aliphatic carbocycles. The molecule has 3 nitrogen and oxygen atoms in total. The van der Waals surface area contributed by atoms with Crippen molar-refractivity contribution in [2.75, 3.05) is 11.1 Å². The predicted molar refractivity (Wildman–Crippen MR) is 82.3 cm³/mol. The third-order valence-electron chi connectivity index (χ3n) is 2.26. The molecule has 0 bridgehead atoms. The van der Waals surface area contributed by atoms with E-state index in [1.54, 1.807) is 35.2 Å². The molecule has 100 valence electrons. The van der Waals surface area contributed by atoms with Gasteiger partial charge in [0.1, 0.15) is 4.34 Å². The van der Waals surface area contributed by atoms with E-state index in [1.165, 1.54) is 0 Å². The van der Waals surface area contributed by atoms with Gasteiger partial charge in [-0.2, -0.15) is 0 Å². The molecule has 1 aromatic carbocycles. The Hall–Kier alpha value is -1.04. The number of rotatable bonds is 5. The smallest absolute Gasteiger partial charge is 0.225 e. The van der Waals surface area contributed by atoms with Crippen LogP contribution in [0, 0.1) is 6.92 Å². The standard InChI is InChI=1S/C13H13ClN2OS2/c1-9-8-19-13(15-9)18-6-5-12(17)16-11-4-2-3-10(14)7-11/h2-4,7-8H,5-6H2,1H3,(H,16,17). The first-order valence-corrected chi connectivity index (χ1v) is 7.98. The van der Waals surface area contributed by atoms with Gasteiger partial charge in [-0.25, -0.2) is 4.98 Å². The van der Waals surface area contributed by atoms with Crippen LogP contribution in [0.4, 0.5) is 5.69 Å². The fourth-order valence-corrected chi connectivity index (χ4v) is 3.47. The van der Waals surface area contributed by atoms with Crippen molar-refractivity contribution in [3.05, 3.63) is 40.4 Å². The molecular formula is C13H13ClN2OS2. The Balaban J connectivity index is 1.76. The second-order valence-corrected chi connectivity index (χ2v) is 6.55. The van der Waals surface area contributed by atoms with Crippen LogP contribution in [-0.4, -0.2) is 16.6 Å². The lowest BCUT2D eigenvalue weighted by Gasteiger charge is -2.04. The van der Waals surface area contributed by atoms with Crippen molar-refractivity contribution < 1.29 is 4.79 Å². The van der Waals surface area contributed by atoms with Crippen LogP contribution in [0.5, 0.6) is 0 Å². The molecule has 1 heterocycles. The summed E-state index contributed by atoms with van der Waals surface area (Å²) in [5, 5.41) is 5.44. The van der Waals surface area contributed by atoms with Gasteiger partial charge in [0.05, 0.1) is 0 Å². The number of hydrogen-bond acceptors (Lipinski definition) is 4. The molecule has 0 unspecified atom stereocenters. The molecule has 19 heavy (non-hydrogen) atoms. The summed E-state index contributed by atoms with van der Waals surface area (Å²) in [6.07, 6.45) is 0.454. The van der Waals surface area contributed by atoms with E-state index < -0.39 is 0 Å². The van der Waals surface area contributed by atoms with Gasteiger partial charge in [-0.15, -0.1) is 11.3 Å². The predicted octanol–water partition coefficient (Wildman–Crippen LogP) is 4.23. The van der Waals surface area contributed by atoms with Crippen molar-refractivity contribution in [3.63, 3.8) is 0 Å². The highest BCUT2D eigenvalue weighted by Crippen LogP contribution is 2.23. The molecule has 0 saturated carbocycles. The summed E-state index contributed by atoms with van der Waals surface area (Å²) >= 11 is 9.07. The monoisotopic (exact) mass is 312 g/mol. The fourth-order valence-electron chi connectivity index (χ4n) is 1.42. The Labute approximate surface area is 125 Å². The first-order chi connectivity index (χ1) is 9.13. The molecule has 2 aromatic rings. The summed E-state index contributed by atoms with van der Waals surface area (Å²) in [5.74, 6) is 0.711. The number of hydrogen-bond donors (Lipinski definition) is 1. The Morgan fingerprint density at radius 3 is 3.05 bits per heavy atom. The quantitative estimate of drug-likeness (QED) is 0.840. The summed E-state index contributed by atoms with van der Waals surface area (Å²) in [7, 11) is 0. The highest BCUT2D eigenvalue weighted by atomic mass is 35.5. The topological polar surface area (TPSA) is 42.0 Å². The van der Waals surface area contributed by atoms with Gasteiger partial charge in [-0.05, 0) is 25.1 Å².